The van der Waals surface area contributed by atoms with Crippen LogP contribution in [0.4, 0.5) is 0 Å². The molecule has 0 aromatic rings. The molecule has 0 aromatic carbocycles. The summed E-state index contributed by atoms with van der Waals surface area (Å²) in [6.07, 6.45) is 4.12. The van der Waals surface area contributed by atoms with Crippen LogP contribution in [0, 0.1) is 0 Å². The average Bonchev–Trinajstić information content (AvgIpc) is 2.16. The van der Waals surface area contributed by atoms with Crippen molar-refractivity contribution in [3.63, 3.8) is 0 Å². The van der Waals surface area contributed by atoms with Gasteiger partial charge in [0.15, 0.2) is 0 Å². The second-order valence-electron chi connectivity index (χ2n) is 5.19. The monoisotopic (exact) mass is 242 g/mol. The van der Waals surface area contributed by atoms with Gasteiger partial charge in [0.2, 0.25) is 8.32 Å². The van der Waals surface area contributed by atoms with Crippen LogP contribution in [-0.2, 0) is 9.22 Å². The van der Waals surface area contributed by atoms with Crippen molar-refractivity contribution >= 4 is 14.6 Å². The number of hydrogen-bond acceptors (Lipinski definition) is 2. The number of rotatable bonds is 7. The lowest BCUT2D eigenvalue weighted by molar-refractivity contribution is -0.104. The summed E-state index contributed by atoms with van der Waals surface area (Å²) < 4.78 is 6.21. The van der Waals surface area contributed by atoms with Gasteiger partial charge in [-0.25, -0.2) is 0 Å². The fourth-order valence-corrected chi connectivity index (χ4v) is 8.19. The molecule has 0 saturated carbocycles. The third-order valence-electron chi connectivity index (χ3n) is 3.35. The summed E-state index contributed by atoms with van der Waals surface area (Å²) in [4.78, 5) is 10.2. The highest BCUT2D eigenvalue weighted by atomic mass is 28.4. The molecule has 0 aliphatic rings. The van der Waals surface area contributed by atoms with E-state index in [9.17, 15) is 4.79 Å². The quantitative estimate of drug-likeness (QED) is 0.384. The zero-order valence-corrected chi connectivity index (χ0v) is 12.5. The third-order valence-corrected chi connectivity index (χ3v) is 9.43. The molecular weight excluding hydrogens is 216 g/mol. The van der Waals surface area contributed by atoms with Crippen molar-refractivity contribution in [3.05, 3.63) is 12.2 Å². The number of carbonyl (C=O) groups excluding carboxylic acids is 1. The first-order chi connectivity index (χ1) is 7.39. The van der Waals surface area contributed by atoms with Crippen LogP contribution < -0.4 is 0 Å². The van der Waals surface area contributed by atoms with E-state index in [-0.39, 0.29) is 0 Å². The van der Waals surface area contributed by atoms with Gasteiger partial charge in [-0.2, -0.15) is 0 Å². The van der Waals surface area contributed by atoms with Gasteiger partial charge in [-0.3, -0.25) is 4.79 Å². The minimum atomic E-state index is -1.74. The summed E-state index contributed by atoms with van der Waals surface area (Å²) in [6, 6.07) is 0. The second-order valence-corrected chi connectivity index (χ2v) is 10.7. The molecule has 0 heterocycles. The molecule has 0 radical (unpaired) electrons. The molecule has 0 bridgehead atoms. The molecule has 0 amide bonds. The largest absolute Gasteiger partial charge is 0.412 e. The molecule has 16 heavy (non-hydrogen) atoms. The maximum absolute atomic E-state index is 10.2. The number of allylic oxidation sites excluding steroid dienone is 1. The van der Waals surface area contributed by atoms with E-state index < -0.39 is 8.32 Å². The molecule has 0 rings (SSSR count). The number of hydrogen-bond donors (Lipinski definition) is 0. The predicted octanol–water partition coefficient (Wildman–Crippen LogP) is 3.93. The van der Waals surface area contributed by atoms with Crippen molar-refractivity contribution in [2.24, 2.45) is 0 Å². The Morgan fingerprint density at radius 3 is 1.75 bits per heavy atom. The van der Waals surface area contributed by atoms with Crippen LogP contribution in [-0.4, -0.2) is 21.2 Å². The molecule has 0 fully saturated rings. The van der Waals surface area contributed by atoms with Crippen LogP contribution in [0.25, 0.3) is 0 Å². The topological polar surface area (TPSA) is 26.3 Å². The van der Waals surface area contributed by atoms with Gasteiger partial charge in [-0.15, -0.1) is 0 Å². The fraction of sp³-hybridized carbons (Fsp3) is 0.769. The maximum Gasteiger partial charge on any atom is 0.200 e. The van der Waals surface area contributed by atoms with Gasteiger partial charge in [0.1, 0.15) is 6.29 Å². The molecule has 94 valence electrons. The lowest BCUT2D eigenvalue weighted by atomic mass is 10.5. The van der Waals surface area contributed by atoms with Gasteiger partial charge >= 0.3 is 0 Å². The smallest absolute Gasteiger partial charge is 0.200 e. The van der Waals surface area contributed by atoms with Crippen molar-refractivity contribution in [2.45, 2.75) is 58.2 Å². The summed E-state index contributed by atoms with van der Waals surface area (Å²) in [6.45, 7) is 14.1. The molecule has 0 atom stereocenters. The molecule has 0 aliphatic carbocycles. The summed E-state index contributed by atoms with van der Waals surface area (Å²) in [5.41, 5.74) is 1.78. The van der Waals surface area contributed by atoms with Crippen molar-refractivity contribution in [2.75, 3.05) is 6.61 Å². The van der Waals surface area contributed by atoms with Crippen LogP contribution in [0.1, 0.15) is 41.5 Å². The van der Waals surface area contributed by atoms with Crippen LogP contribution in [0.5, 0.6) is 0 Å². The summed E-state index contributed by atoms with van der Waals surface area (Å²) in [7, 11) is -1.74. The molecule has 0 unspecified atom stereocenters. The predicted molar refractivity (Wildman–Crippen MR) is 72.2 cm³/mol. The Kier molecular flexibility index (Phi) is 6.84. The van der Waals surface area contributed by atoms with E-state index in [0.29, 0.717) is 23.2 Å². The highest BCUT2D eigenvalue weighted by molar-refractivity contribution is 6.77. The molecule has 3 heteroatoms. The van der Waals surface area contributed by atoms with Crippen LogP contribution in [0.3, 0.4) is 0 Å². The molecular formula is C13H26O2Si. The summed E-state index contributed by atoms with van der Waals surface area (Å²) in [5, 5.41) is 0. The SMILES string of the molecule is CC(C)[Si](OC/C=C/C=O)(C(C)C)C(C)C. The van der Waals surface area contributed by atoms with E-state index in [1.165, 1.54) is 6.08 Å². The van der Waals surface area contributed by atoms with Crippen molar-refractivity contribution in [3.8, 4) is 0 Å². The van der Waals surface area contributed by atoms with Gasteiger partial charge in [0.05, 0.1) is 6.61 Å². The lowest BCUT2D eigenvalue weighted by Crippen LogP contribution is -2.47. The van der Waals surface area contributed by atoms with Crippen molar-refractivity contribution < 1.29 is 9.22 Å². The minimum absolute atomic E-state index is 0.569. The molecule has 0 spiro atoms. The van der Waals surface area contributed by atoms with E-state index >= 15 is 0 Å². The third kappa shape index (κ3) is 3.56. The van der Waals surface area contributed by atoms with Gasteiger partial charge in [0, 0.05) is 0 Å². The second kappa shape index (κ2) is 7.02. The van der Waals surface area contributed by atoms with E-state index in [1.807, 2.05) is 6.08 Å². The van der Waals surface area contributed by atoms with Gasteiger partial charge in [-0.1, -0.05) is 47.6 Å². The van der Waals surface area contributed by atoms with E-state index in [4.69, 9.17) is 4.43 Å². The zero-order chi connectivity index (χ0) is 12.8. The van der Waals surface area contributed by atoms with E-state index in [1.54, 1.807) is 0 Å². The summed E-state index contributed by atoms with van der Waals surface area (Å²) >= 11 is 0. The molecule has 2 nitrogen and oxygen atoms in total. The molecule has 0 aromatic heterocycles. The Labute approximate surface area is 101 Å². The first-order valence-electron chi connectivity index (χ1n) is 6.13. The molecule has 0 aliphatic heterocycles. The summed E-state index contributed by atoms with van der Waals surface area (Å²) in [5.74, 6) is 0. The van der Waals surface area contributed by atoms with Gasteiger partial charge in [-0.05, 0) is 22.7 Å². The Morgan fingerprint density at radius 2 is 1.44 bits per heavy atom. The average molecular weight is 242 g/mol. The maximum atomic E-state index is 10.2. The number of carbonyl (C=O) groups is 1. The van der Waals surface area contributed by atoms with E-state index in [2.05, 4.69) is 41.5 Å². The highest BCUT2D eigenvalue weighted by Crippen LogP contribution is 2.42. The fourth-order valence-electron chi connectivity index (χ4n) is 2.80. The Hall–Kier alpha value is -0.413. The molecule has 0 N–H and O–H groups in total. The number of aldehydes is 1. The van der Waals surface area contributed by atoms with Crippen molar-refractivity contribution in [1.82, 2.24) is 0 Å². The van der Waals surface area contributed by atoms with Gasteiger partial charge < -0.3 is 4.43 Å². The van der Waals surface area contributed by atoms with Crippen LogP contribution in [0.15, 0.2) is 12.2 Å². The van der Waals surface area contributed by atoms with Crippen LogP contribution >= 0.6 is 0 Å². The van der Waals surface area contributed by atoms with Gasteiger partial charge in [0.25, 0.3) is 0 Å². The minimum Gasteiger partial charge on any atom is -0.412 e. The first-order valence-corrected chi connectivity index (χ1v) is 8.27. The molecule has 0 saturated heterocycles. The van der Waals surface area contributed by atoms with E-state index in [0.717, 1.165) is 6.29 Å². The Morgan fingerprint density at radius 1 is 1.00 bits per heavy atom. The van der Waals surface area contributed by atoms with Crippen LogP contribution in [0.2, 0.25) is 16.6 Å². The first kappa shape index (κ1) is 15.6. The highest BCUT2D eigenvalue weighted by Gasteiger charge is 2.44. The standard InChI is InChI=1S/C13H26O2Si/c1-11(2)16(12(3)4,13(5)6)15-10-8-7-9-14/h7-9,11-13H,10H2,1-6H3/b8-7+. The zero-order valence-electron chi connectivity index (χ0n) is 11.5. The normalized spacial score (nSPS) is 13.3. The Bertz CT molecular complexity index is 210. The van der Waals surface area contributed by atoms with Crippen molar-refractivity contribution in [1.29, 1.82) is 0 Å². The lowest BCUT2D eigenvalue weighted by Gasteiger charge is -2.41. The Balaban J connectivity index is 4.76.